The second-order valence-electron chi connectivity index (χ2n) is 4.96. The van der Waals surface area contributed by atoms with Crippen molar-refractivity contribution in [3.8, 4) is 11.5 Å². The zero-order valence-corrected chi connectivity index (χ0v) is 11.3. The standard InChI is InChI=1S/C14H18O5/c1-4-17-13(16)14(2,3)12(15)9-5-6-10-11(7-9)19-8-18-10/h5-7,12,15H,4,8H2,1-3H3. The molecule has 0 spiro atoms. The van der Waals surface area contributed by atoms with Gasteiger partial charge in [0.2, 0.25) is 6.79 Å². The molecule has 0 radical (unpaired) electrons. The molecule has 0 saturated carbocycles. The van der Waals surface area contributed by atoms with Gasteiger partial charge in [0.05, 0.1) is 18.1 Å². The van der Waals surface area contributed by atoms with Crippen LogP contribution in [0.2, 0.25) is 0 Å². The zero-order chi connectivity index (χ0) is 14.0. The quantitative estimate of drug-likeness (QED) is 0.845. The molecule has 1 aliphatic heterocycles. The van der Waals surface area contributed by atoms with Crippen LogP contribution in [0.15, 0.2) is 18.2 Å². The van der Waals surface area contributed by atoms with Crippen molar-refractivity contribution < 1.29 is 24.1 Å². The summed E-state index contributed by atoms with van der Waals surface area (Å²) in [6, 6.07) is 5.13. The Morgan fingerprint density at radius 1 is 1.42 bits per heavy atom. The first-order chi connectivity index (χ1) is 8.96. The van der Waals surface area contributed by atoms with E-state index in [4.69, 9.17) is 14.2 Å². The maximum atomic E-state index is 11.9. The van der Waals surface area contributed by atoms with Crippen molar-refractivity contribution in [3.63, 3.8) is 0 Å². The molecule has 1 heterocycles. The second-order valence-corrected chi connectivity index (χ2v) is 4.96. The maximum absolute atomic E-state index is 11.9. The molecule has 1 N–H and O–H groups in total. The highest BCUT2D eigenvalue weighted by Crippen LogP contribution is 2.39. The summed E-state index contributed by atoms with van der Waals surface area (Å²) in [5.41, 5.74) is -0.425. The molecule has 5 nitrogen and oxygen atoms in total. The molecule has 1 aromatic rings. The van der Waals surface area contributed by atoms with E-state index in [0.717, 1.165) is 0 Å². The SMILES string of the molecule is CCOC(=O)C(C)(C)C(O)c1ccc2c(c1)OCO2. The van der Waals surface area contributed by atoms with E-state index in [9.17, 15) is 9.90 Å². The molecule has 0 bridgehead atoms. The highest BCUT2D eigenvalue weighted by atomic mass is 16.7. The highest BCUT2D eigenvalue weighted by Gasteiger charge is 2.38. The minimum Gasteiger partial charge on any atom is -0.465 e. The van der Waals surface area contributed by atoms with Crippen LogP contribution in [0.25, 0.3) is 0 Å². The molecule has 1 atom stereocenters. The number of aliphatic hydroxyl groups excluding tert-OH is 1. The van der Waals surface area contributed by atoms with Crippen molar-refractivity contribution in [2.45, 2.75) is 26.9 Å². The summed E-state index contributed by atoms with van der Waals surface area (Å²) in [5.74, 6) is 0.793. The van der Waals surface area contributed by atoms with Gasteiger partial charge in [-0.25, -0.2) is 0 Å². The molecule has 1 aliphatic rings. The Balaban J connectivity index is 2.23. The van der Waals surface area contributed by atoms with Gasteiger partial charge in [0.25, 0.3) is 0 Å². The van der Waals surface area contributed by atoms with E-state index >= 15 is 0 Å². The first kappa shape index (κ1) is 13.7. The fraction of sp³-hybridized carbons (Fsp3) is 0.500. The predicted octanol–water partition coefficient (Wildman–Crippen LogP) is 2.04. The normalized spacial score (nSPS) is 15.2. The fourth-order valence-electron chi connectivity index (χ4n) is 1.93. The van der Waals surface area contributed by atoms with Crippen LogP contribution in [-0.4, -0.2) is 24.5 Å². The number of carbonyl (C=O) groups excluding carboxylic acids is 1. The Morgan fingerprint density at radius 3 is 2.79 bits per heavy atom. The summed E-state index contributed by atoms with van der Waals surface area (Å²) in [4.78, 5) is 11.9. The van der Waals surface area contributed by atoms with Crippen molar-refractivity contribution >= 4 is 5.97 Å². The van der Waals surface area contributed by atoms with Crippen molar-refractivity contribution in [1.82, 2.24) is 0 Å². The number of fused-ring (bicyclic) bond motifs is 1. The van der Waals surface area contributed by atoms with Crippen LogP contribution in [0.4, 0.5) is 0 Å². The van der Waals surface area contributed by atoms with Crippen LogP contribution in [-0.2, 0) is 9.53 Å². The van der Waals surface area contributed by atoms with Gasteiger partial charge in [0.15, 0.2) is 11.5 Å². The lowest BCUT2D eigenvalue weighted by molar-refractivity contribution is -0.160. The van der Waals surface area contributed by atoms with Gasteiger partial charge in [-0.3, -0.25) is 4.79 Å². The van der Waals surface area contributed by atoms with Gasteiger partial charge in [-0.1, -0.05) is 6.07 Å². The molecular weight excluding hydrogens is 248 g/mol. The van der Waals surface area contributed by atoms with E-state index in [1.165, 1.54) is 0 Å². The molecule has 5 heteroatoms. The van der Waals surface area contributed by atoms with E-state index in [0.29, 0.717) is 17.1 Å². The van der Waals surface area contributed by atoms with Crippen molar-refractivity contribution in [2.75, 3.05) is 13.4 Å². The van der Waals surface area contributed by atoms with Crippen LogP contribution < -0.4 is 9.47 Å². The van der Waals surface area contributed by atoms with Gasteiger partial charge >= 0.3 is 5.97 Å². The average Bonchev–Trinajstić information content (AvgIpc) is 2.85. The molecule has 0 amide bonds. The van der Waals surface area contributed by atoms with Crippen LogP contribution in [0.3, 0.4) is 0 Å². The molecule has 1 aromatic carbocycles. The number of carbonyl (C=O) groups is 1. The molecule has 0 aromatic heterocycles. The molecule has 19 heavy (non-hydrogen) atoms. The van der Waals surface area contributed by atoms with E-state index in [-0.39, 0.29) is 13.4 Å². The van der Waals surface area contributed by atoms with Gasteiger partial charge in [0.1, 0.15) is 0 Å². The maximum Gasteiger partial charge on any atom is 0.314 e. The number of benzene rings is 1. The van der Waals surface area contributed by atoms with Crippen LogP contribution >= 0.6 is 0 Å². The molecule has 2 rings (SSSR count). The molecule has 1 unspecified atom stereocenters. The predicted molar refractivity (Wildman–Crippen MR) is 67.9 cm³/mol. The van der Waals surface area contributed by atoms with Gasteiger partial charge in [-0.05, 0) is 38.5 Å². The average molecular weight is 266 g/mol. The molecule has 0 aliphatic carbocycles. The number of rotatable bonds is 4. The number of hydrogen-bond acceptors (Lipinski definition) is 5. The third kappa shape index (κ3) is 2.51. The number of esters is 1. The van der Waals surface area contributed by atoms with Crippen molar-refractivity contribution in [2.24, 2.45) is 5.41 Å². The fourth-order valence-corrected chi connectivity index (χ4v) is 1.93. The summed E-state index contributed by atoms with van der Waals surface area (Å²) in [6.07, 6.45) is -0.971. The Hall–Kier alpha value is -1.75. The monoisotopic (exact) mass is 266 g/mol. The lowest BCUT2D eigenvalue weighted by Crippen LogP contribution is -2.33. The van der Waals surface area contributed by atoms with Gasteiger partial charge in [-0.15, -0.1) is 0 Å². The molecule has 0 fully saturated rings. The summed E-state index contributed by atoms with van der Waals surface area (Å²) >= 11 is 0. The summed E-state index contributed by atoms with van der Waals surface area (Å²) in [6.45, 7) is 5.51. The third-order valence-corrected chi connectivity index (χ3v) is 3.20. The van der Waals surface area contributed by atoms with Crippen molar-refractivity contribution in [1.29, 1.82) is 0 Å². The van der Waals surface area contributed by atoms with E-state index in [1.807, 2.05) is 0 Å². The van der Waals surface area contributed by atoms with Gasteiger partial charge < -0.3 is 19.3 Å². The largest absolute Gasteiger partial charge is 0.465 e. The van der Waals surface area contributed by atoms with Crippen LogP contribution in [0, 0.1) is 5.41 Å². The van der Waals surface area contributed by atoms with E-state index < -0.39 is 17.5 Å². The molecule has 0 saturated heterocycles. The van der Waals surface area contributed by atoms with Gasteiger partial charge in [0, 0.05) is 0 Å². The van der Waals surface area contributed by atoms with E-state index in [2.05, 4.69) is 0 Å². The second kappa shape index (κ2) is 5.09. The Labute approximate surface area is 112 Å². The lowest BCUT2D eigenvalue weighted by Gasteiger charge is -2.28. The highest BCUT2D eigenvalue weighted by molar-refractivity contribution is 5.77. The minimum atomic E-state index is -1.02. The molecular formula is C14H18O5. The topological polar surface area (TPSA) is 65.0 Å². The first-order valence-electron chi connectivity index (χ1n) is 6.21. The zero-order valence-electron chi connectivity index (χ0n) is 11.3. The summed E-state index contributed by atoms with van der Waals surface area (Å²) in [7, 11) is 0. The van der Waals surface area contributed by atoms with Crippen LogP contribution in [0.1, 0.15) is 32.4 Å². The minimum absolute atomic E-state index is 0.177. The van der Waals surface area contributed by atoms with Gasteiger partial charge in [-0.2, -0.15) is 0 Å². The summed E-state index contributed by atoms with van der Waals surface area (Å²) < 4.78 is 15.5. The smallest absolute Gasteiger partial charge is 0.314 e. The Bertz CT molecular complexity index is 481. The Morgan fingerprint density at radius 2 is 2.11 bits per heavy atom. The number of hydrogen-bond donors (Lipinski definition) is 1. The summed E-state index contributed by atoms with van der Waals surface area (Å²) in [5, 5.41) is 10.4. The molecule has 104 valence electrons. The van der Waals surface area contributed by atoms with Crippen LogP contribution in [0.5, 0.6) is 11.5 Å². The van der Waals surface area contributed by atoms with E-state index in [1.54, 1.807) is 39.0 Å². The number of ether oxygens (including phenoxy) is 3. The lowest BCUT2D eigenvalue weighted by atomic mass is 9.82. The first-order valence-corrected chi connectivity index (χ1v) is 6.21. The van der Waals surface area contributed by atoms with Crippen molar-refractivity contribution in [3.05, 3.63) is 23.8 Å². The number of aliphatic hydroxyl groups is 1. The Kier molecular flexibility index (Phi) is 3.66. The third-order valence-electron chi connectivity index (χ3n) is 3.20.